The molecule has 8 heteroatoms. The van der Waals surface area contributed by atoms with E-state index in [0.717, 1.165) is 5.82 Å². The molecule has 1 aromatic carbocycles. The first-order valence-corrected chi connectivity index (χ1v) is 8.44. The summed E-state index contributed by atoms with van der Waals surface area (Å²) in [5.41, 5.74) is 0.642. The topological polar surface area (TPSA) is 89.1 Å². The van der Waals surface area contributed by atoms with Gasteiger partial charge in [-0.1, -0.05) is 25.6 Å². The van der Waals surface area contributed by atoms with Crippen LogP contribution < -0.4 is 14.8 Å². The maximum Gasteiger partial charge on any atom is 0.237 e. The van der Waals surface area contributed by atoms with Gasteiger partial charge in [-0.05, 0) is 19.1 Å². The molecule has 1 heterocycles. The highest BCUT2D eigenvalue weighted by molar-refractivity contribution is 8.00. The summed E-state index contributed by atoms with van der Waals surface area (Å²) in [6.45, 7) is 5.87. The molecule has 0 aliphatic heterocycles. The minimum Gasteiger partial charge on any atom is -0.493 e. The van der Waals surface area contributed by atoms with Crippen LogP contribution in [0.15, 0.2) is 23.4 Å². The van der Waals surface area contributed by atoms with Crippen molar-refractivity contribution < 1.29 is 14.3 Å². The Bertz CT molecular complexity index is 702. The molecule has 0 saturated heterocycles. The van der Waals surface area contributed by atoms with Crippen LogP contribution in [0.3, 0.4) is 0 Å². The summed E-state index contributed by atoms with van der Waals surface area (Å²) in [5.74, 6) is 2.11. The van der Waals surface area contributed by atoms with E-state index >= 15 is 0 Å². The van der Waals surface area contributed by atoms with Crippen LogP contribution in [0, 0.1) is 0 Å². The van der Waals surface area contributed by atoms with Crippen molar-refractivity contribution in [3.05, 3.63) is 24.0 Å². The molecule has 0 spiro atoms. The Morgan fingerprint density at radius 2 is 1.92 bits per heavy atom. The lowest BCUT2D eigenvalue weighted by Crippen LogP contribution is -2.22. The summed E-state index contributed by atoms with van der Waals surface area (Å²) in [7, 11) is 3.12. The fourth-order valence-electron chi connectivity index (χ4n) is 1.94. The van der Waals surface area contributed by atoms with Gasteiger partial charge in [-0.15, -0.1) is 5.10 Å². The molecule has 2 rings (SSSR count). The Morgan fingerprint density at radius 3 is 2.50 bits per heavy atom. The average Bonchev–Trinajstić information content (AvgIpc) is 3.03. The number of carbonyl (C=O) groups is 1. The molecule has 1 aromatic heterocycles. The van der Waals surface area contributed by atoms with Crippen molar-refractivity contribution in [2.24, 2.45) is 0 Å². The van der Waals surface area contributed by atoms with Crippen LogP contribution in [-0.4, -0.2) is 40.6 Å². The highest BCUT2D eigenvalue weighted by Crippen LogP contribution is 2.30. The van der Waals surface area contributed by atoms with Gasteiger partial charge in [0.1, 0.15) is 5.82 Å². The van der Waals surface area contributed by atoms with E-state index in [0.29, 0.717) is 22.3 Å². The molecule has 0 saturated carbocycles. The van der Waals surface area contributed by atoms with Crippen molar-refractivity contribution in [1.29, 1.82) is 0 Å². The van der Waals surface area contributed by atoms with E-state index < -0.39 is 0 Å². The van der Waals surface area contributed by atoms with Crippen LogP contribution in [0.1, 0.15) is 32.5 Å². The van der Waals surface area contributed by atoms with Gasteiger partial charge < -0.3 is 14.8 Å². The van der Waals surface area contributed by atoms with Gasteiger partial charge in [0, 0.05) is 17.7 Å². The van der Waals surface area contributed by atoms with Crippen molar-refractivity contribution in [3.63, 3.8) is 0 Å². The fourth-order valence-corrected chi connectivity index (χ4v) is 2.67. The van der Waals surface area contributed by atoms with Crippen molar-refractivity contribution in [2.45, 2.75) is 37.1 Å². The number of rotatable bonds is 7. The monoisotopic (exact) mass is 350 g/mol. The van der Waals surface area contributed by atoms with Crippen LogP contribution in [0.5, 0.6) is 11.5 Å². The summed E-state index contributed by atoms with van der Waals surface area (Å²) in [5, 5.41) is 10.1. The number of methoxy groups -OCH3 is 2. The number of anilines is 1. The highest BCUT2D eigenvalue weighted by Gasteiger charge is 2.18. The first-order chi connectivity index (χ1) is 11.4. The molecule has 0 bridgehead atoms. The molecule has 1 unspecified atom stereocenters. The van der Waals surface area contributed by atoms with Gasteiger partial charge in [-0.2, -0.15) is 0 Å². The normalized spacial score (nSPS) is 12.1. The quantitative estimate of drug-likeness (QED) is 0.746. The molecule has 7 nitrogen and oxygen atoms in total. The SMILES string of the molecule is COc1ccc(NC(=O)C(C)Sc2n[nH]c(C(C)C)n2)cc1OC. The molecule has 130 valence electrons. The van der Waals surface area contributed by atoms with Gasteiger partial charge in [0.05, 0.1) is 19.5 Å². The van der Waals surface area contributed by atoms with E-state index in [1.807, 2.05) is 20.8 Å². The first kappa shape index (κ1) is 18.1. The van der Waals surface area contributed by atoms with Crippen molar-refractivity contribution in [2.75, 3.05) is 19.5 Å². The lowest BCUT2D eigenvalue weighted by Gasteiger charge is -2.12. The Morgan fingerprint density at radius 1 is 1.21 bits per heavy atom. The third-order valence-electron chi connectivity index (χ3n) is 3.33. The lowest BCUT2D eigenvalue weighted by atomic mass is 10.2. The maximum atomic E-state index is 12.3. The molecule has 0 aliphatic carbocycles. The zero-order chi connectivity index (χ0) is 17.7. The number of H-pyrrole nitrogens is 1. The number of hydrogen-bond donors (Lipinski definition) is 2. The summed E-state index contributed by atoms with van der Waals surface area (Å²) >= 11 is 1.31. The predicted octanol–water partition coefficient (Wildman–Crippen LogP) is 3.06. The van der Waals surface area contributed by atoms with Gasteiger partial charge in [-0.25, -0.2) is 4.98 Å². The lowest BCUT2D eigenvalue weighted by molar-refractivity contribution is -0.115. The second-order valence-corrected chi connectivity index (χ2v) is 6.78. The molecule has 0 radical (unpaired) electrons. The molecule has 24 heavy (non-hydrogen) atoms. The van der Waals surface area contributed by atoms with E-state index in [4.69, 9.17) is 9.47 Å². The number of aromatic amines is 1. The van der Waals surface area contributed by atoms with Gasteiger partial charge in [0.25, 0.3) is 0 Å². The third kappa shape index (κ3) is 4.41. The van der Waals surface area contributed by atoms with Gasteiger partial charge in [0.15, 0.2) is 11.5 Å². The van der Waals surface area contributed by atoms with E-state index in [1.54, 1.807) is 32.4 Å². The summed E-state index contributed by atoms with van der Waals surface area (Å²) < 4.78 is 10.4. The molecule has 1 amide bonds. The Kier molecular flexibility index (Phi) is 6.08. The highest BCUT2D eigenvalue weighted by atomic mass is 32.2. The van der Waals surface area contributed by atoms with E-state index in [1.165, 1.54) is 11.8 Å². The zero-order valence-electron chi connectivity index (χ0n) is 14.4. The molecular weight excluding hydrogens is 328 g/mol. The molecule has 0 fully saturated rings. The minimum absolute atomic E-state index is 0.136. The average molecular weight is 350 g/mol. The van der Waals surface area contributed by atoms with Gasteiger partial charge in [0.2, 0.25) is 11.1 Å². The number of carbonyl (C=O) groups excluding carboxylic acids is 1. The molecule has 2 aromatic rings. The summed E-state index contributed by atoms with van der Waals surface area (Å²) in [4.78, 5) is 16.7. The van der Waals surface area contributed by atoms with Crippen LogP contribution in [0.4, 0.5) is 5.69 Å². The molecule has 1 atom stereocenters. The Hall–Kier alpha value is -2.22. The smallest absolute Gasteiger partial charge is 0.237 e. The van der Waals surface area contributed by atoms with Crippen molar-refractivity contribution in [1.82, 2.24) is 15.2 Å². The fraction of sp³-hybridized carbons (Fsp3) is 0.438. The van der Waals surface area contributed by atoms with Gasteiger partial charge in [-0.3, -0.25) is 9.89 Å². The van der Waals surface area contributed by atoms with Crippen LogP contribution in [-0.2, 0) is 4.79 Å². The maximum absolute atomic E-state index is 12.3. The first-order valence-electron chi connectivity index (χ1n) is 7.56. The van der Waals surface area contributed by atoms with E-state index in [-0.39, 0.29) is 17.1 Å². The van der Waals surface area contributed by atoms with E-state index in [2.05, 4.69) is 20.5 Å². The largest absolute Gasteiger partial charge is 0.493 e. The Balaban J connectivity index is 2.00. The number of nitrogens with one attached hydrogen (secondary N) is 2. The second kappa shape index (κ2) is 8.05. The van der Waals surface area contributed by atoms with Crippen LogP contribution >= 0.6 is 11.8 Å². The van der Waals surface area contributed by atoms with Crippen LogP contribution in [0.25, 0.3) is 0 Å². The molecular formula is C16H22N4O3S. The standard InChI is InChI=1S/C16H22N4O3S/c1-9(2)14-18-16(20-19-14)24-10(3)15(21)17-11-6-7-12(22-4)13(8-11)23-5/h6-10H,1-5H3,(H,17,21)(H,18,19,20). The number of nitrogens with zero attached hydrogens (tertiary/aromatic N) is 2. The number of ether oxygens (including phenoxy) is 2. The number of aromatic nitrogens is 3. The molecule has 2 N–H and O–H groups in total. The minimum atomic E-state index is -0.339. The van der Waals surface area contributed by atoms with Gasteiger partial charge >= 0.3 is 0 Å². The third-order valence-corrected chi connectivity index (χ3v) is 4.29. The zero-order valence-corrected chi connectivity index (χ0v) is 15.2. The number of hydrogen-bond acceptors (Lipinski definition) is 6. The summed E-state index contributed by atoms with van der Waals surface area (Å²) in [6, 6.07) is 5.23. The number of benzene rings is 1. The number of thioether (sulfide) groups is 1. The Labute approximate surface area is 145 Å². The second-order valence-electron chi connectivity index (χ2n) is 5.48. The number of amides is 1. The van der Waals surface area contributed by atoms with E-state index in [9.17, 15) is 4.79 Å². The van der Waals surface area contributed by atoms with Crippen molar-refractivity contribution >= 4 is 23.4 Å². The molecule has 0 aliphatic rings. The van der Waals surface area contributed by atoms with Crippen LogP contribution in [0.2, 0.25) is 0 Å². The predicted molar refractivity (Wildman–Crippen MR) is 94.0 cm³/mol. The van der Waals surface area contributed by atoms with Crippen molar-refractivity contribution in [3.8, 4) is 11.5 Å². The summed E-state index contributed by atoms with van der Waals surface area (Å²) in [6.07, 6.45) is 0.